The van der Waals surface area contributed by atoms with Gasteiger partial charge in [0.05, 0.1) is 11.3 Å². The normalized spacial score (nSPS) is 22.6. The predicted molar refractivity (Wildman–Crippen MR) is 83.7 cm³/mol. The Morgan fingerprint density at radius 1 is 1.35 bits per heavy atom. The monoisotopic (exact) mass is 271 g/mol. The molecule has 2 unspecified atom stereocenters. The minimum Gasteiger partial charge on any atom is -0.367 e. The Morgan fingerprint density at radius 3 is 2.85 bits per heavy atom. The first-order chi connectivity index (χ1) is 9.65. The number of hydrogen-bond acceptors (Lipinski definition) is 3. The van der Waals surface area contributed by atoms with Crippen LogP contribution in [0.4, 0.5) is 5.69 Å². The molecule has 2 atom stereocenters. The lowest BCUT2D eigenvalue weighted by Crippen LogP contribution is -2.41. The maximum Gasteiger partial charge on any atom is 0.101 e. The number of benzene rings is 1. The van der Waals surface area contributed by atoms with Crippen LogP contribution in [0.3, 0.4) is 0 Å². The highest BCUT2D eigenvalue weighted by molar-refractivity contribution is 5.61. The van der Waals surface area contributed by atoms with Crippen LogP contribution in [0.15, 0.2) is 18.2 Å². The highest BCUT2D eigenvalue weighted by Gasteiger charge is 2.24. The molecule has 108 valence electrons. The summed E-state index contributed by atoms with van der Waals surface area (Å²) >= 11 is 0. The molecule has 1 heterocycles. The topological polar surface area (TPSA) is 39.1 Å². The summed E-state index contributed by atoms with van der Waals surface area (Å²) in [7, 11) is 0. The van der Waals surface area contributed by atoms with Crippen LogP contribution in [0.1, 0.15) is 44.7 Å². The number of nitriles is 1. The third kappa shape index (κ3) is 3.32. The molecule has 20 heavy (non-hydrogen) atoms. The number of nitrogens with zero attached hydrogens (tertiary/aromatic N) is 2. The zero-order valence-electron chi connectivity index (χ0n) is 12.8. The van der Waals surface area contributed by atoms with Crippen molar-refractivity contribution >= 4 is 5.69 Å². The quantitative estimate of drug-likeness (QED) is 0.913. The van der Waals surface area contributed by atoms with Crippen LogP contribution in [0.25, 0.3) is 0 Å². The van der Waals surface area contributed by atoms with Gasteiger partial charge in [0.15, 0.2) is 0 Å². The predicted octanol–water partition coefficient (Wildman–Crippen LogP) is 3.29. The van der Waals surface area contributed by atoms with Crippen LogP contribution < -0.4 is 10.2 Å². The molecule has 0 radical (unpaired) electrons. The number of piperidine rings is 1. The molecule has 0 saturated carbocycles. The second kappa shape index (κ2) is 6.76. The molecule has 0 aromatic heterocycles. The van der Waals surface area contributed by atoms with Gasteiger partial charge in [0.2, 0.25) is 0 Å². The van der Waals surface area contributed by atoms with Gasteiger partial charge in [-0.3, -0.25) is 0 Å². The SMILES string of the molecule is CCNCc1ccc(N2CC(C)CCC2C)c(C#N)c1. The molecule has 0 bridgehead atoms. The third-order valence-electron chi connectivity index (χ3n) is 4.19. The summed E-state index contributed by atoms with van der Waals surface area (Å²) in [6, 6.07) is 9.20. The van der Waals surface area contributed by atoms with Gasteiger partial charge in [-0.2, -0.15) is 5.26 Å². The van der Waals surface area contributed by atoms with E-state index in [1.807, 2.05) is 6.07 Å². The van der Waals surface area contributed by atoms with Crippen molar-refractivity contribution in [1.82, 2.24) is 5.32 Å². The molecule has 1 saturated heterocycles. The maximum atomic E-state index is 9.45. The summed E-state index contributed by atoms with van der Waals surface area (Å²) in [5.74, 6) is 0.708. The summed E-state index contributed by atoms with van der Waals surface area (Å²) in [6.45, 7) is 9.49. The van der Waals surface area contributed by atoms with E-state index < -0.39 is 0 Å². The minimum absolute atomic E-state index is 0.526. The fraction of sp³-hybridized carbons (Fsp3) is 0.588. The molecule has 0 amide bonds. The van der Waals surface area contributed by atoms with Crippen molar-refractivity contribution in [3.05, 3.63) is 29.3 Å². The molecule has 1 aliphatic heterocycles. The van der Waals surface area contributed by atoms with E-state index in [1.165, 1.54) is 18.4 Å². The Bertz CT molecular complexity index is 489. The van der Waals surface area contributed by atoms with Crippen molar-refractivity contribution in [1.29, 1.82) is 5.26 Å². The Labute approximate surface area is 122 Å². The Kier molecular flexibility index (Phi) is 5.03. The Morgan fingerprint density at radius 2 is 2.15 bits per heavy atom. The second-order valence-corrected chi connectivity index (χ2v) is 5.93. The fourth-order valence-corrected chi connectivity index (χ4v) is 2.93. The standard InChI is InChI=1S/C17H25N3/c1-4-19-11-15-7-8-17(16(9-15)10-18)20-12-13(2)5-6-14(20)3/h7-9,13-14,19H,4-6,11-12H2,1-3H3. The van der Waals surface area contributed by atoms with E-state index in [0.29, 0.717) is 12.0 Å². The van der Waals surface area contributed by atoms with E-state index in [1.54, 1.807) is 0 Å². The van der Waals surface area contributed by atoms with Crippen molar-refractivity contribution in [2.75, 3.05) is 18.0 Å². The first-order valence-corrected chi connectivity index (χ1v) is 7.66. The van der Waals surface area contributed by atoms with E-state index in [2.05, 4.69) is 49.2 Å². The zero-order chi connectivity index (χ0) is 14.5. The maximum absolute atomic E-state index is 9.45. The van der Waals surface area contributed by atoms with Crippen molar-refractivity contribution in [3.8, 4) is 6.07 Å². The van der Waals surface area contributed by atoms with E-state index in [-0.39, 0.29) is 0 Å². The molecule has 1 fully saturated rings. The van der Waals surface area contributed by atoms with Gasteiger partial charge in [-0.25, -0.2) is 0 Å². The summed E-state index contributed by atoms with van der Waals surface area (Å²) in [5, 5.41) is 12.8. The summed E-state index contributed by atoms with van der Waals surface area (Å²) < 4.78 is 0. The minimum atomic E-state index is 0.526. The molecular formula is C17H25N3. The second-order valence-electron chi connectivity index (χ2n) is 5.93. The molecule has 1 aliphatic rings. The van der Waals surface area contributed by atoms with Crippen LogP contribution in [-0.2, 0) is 6.54 Å². The van der Waals surface area contributed by atoms with Gasteiger partial charge >= 0.3 is 0 Å². The zero-order valence-corrected chi connectivity index (χ0v) is 12.8. The fourth-order valence-electron chi connectivity index (χ4n) is 2.93. The van der Waals surface area contributed by atoms with Crippen LogP contribution in [0.5, 0.6) is 0 Å². The van der Waals surface area contributed by atoms with E-state index in [4.69, 9.17) is 0 Å². The summed E-state index contributed by atoms with van der Waals surface area (Å²) in [5.41, 5.74) is 3.10. The molecule has 3 nitrogen and oxygen atoms in total. The Hall–Kier alpha value is -1.53. The van der Waals surface area contributed by atoms with Crippen LogP contribution in [-0.4, -0.2) is 19.1 Å². The van der Waals surface area contributed by atoms with Gasteiger partial charge in [0.1, 0.15) is 6.07 Å². The van der Waals surface area contributed by atoms with Crippen molar-refractivity contribution in [2.45, 2.75) is 46.2 Å². The lowest BCUT2D eigenvalue weighted by molar-refractivity contribution is 0.390. The van der Waals surface area contributed by atoms with E-state index >= 15 is 0 Å². The molecule has 1 N–H and O–H groups in total. The lowest BCUT2D eigenvalue weighted by atomic mass is 9.93. The highest BCUT2D eigenvalue weighted by Crippen LogP contribution is 2.30. The average Bonchev–Trinajstić information content (AvgIpc) is 2.47. The van der Waals surface area contributed by atoms with Gasteiger partial charge in [0.25, 0.3) is 0 Å². The van der Waals surface area contributed by atoms with Gasteiger partial charge in [-0.1, -0.05) is 19.9 Å². The molecule has 2 rings (SSSR count). The van der Waals surface area contributed by atoms with Crippen molar-refractivity contribution in [3.63, 3.8) is 0 Å². The van der Waals surface area contributed by atoms with Gasteiger partial charge < -0.3 is 10.2 Å². The smallest absolute Gasteiger partial charge is 0.101 e. The van der Waals surface area contributed by atoms with Gasteiger partial charge in [-0.15, -0.1) is 0 Å². The number of hydrogen-bond donors (Lipinski definition) is 1. The van der Waals surface area contributed by atoms with Gasteiger partial charge in [0, 0.05) is 19.1 Å². The highest BCUT2D eigenvalue weighted by atomic mass is 15.2. The summed E-state index contributed by atoms with van der Waals surface area (Å²) in [4.78, 5) is 2.41. The van der Waals surface area contributed by atoms with E-state index in [0.717, 1.165) is 30.9 Å². The molecule has 0 aliphatic carbocycles. The molecule has 3 heteroatoms. The molecule has 1 aromatic carbocycles. The molecule has 1 aromatic rings. The number of nitrogens with one attached hydrogen (secondary N) is 1. The van der Waals surface area contributed by atoms with Crippen molar-refractivity contribution in [2.24, 2.45) is 5.92 Å². The first kappa shape index (κ1) is 14.9. The first-order valence-electron chi connectivity index (χ1n) is 7.66. The third-order valence-corrected chi connectivity index (χ3v) is 4.19. The van der Waals surface area contributed by atoms with Gasteiger partial charge in [-0.05, 0) is 49.9 Å². The van der Waals surface area contributed by atoms with Crippen LogP contribution >= 0.6 is 0 Å². The van der Waals surface area contributed by atoms with Crippen LogP contribution in [0, 0.1) is 17.2 Å². The number of rotatable bonds is 4. The molecule has 0 spiro atoms. The van der Waals surface area contributed by atoms with E-state index in [9.17, 15) is 5.26 Å². The largest absolute Gasteiger partial charge is 0.367 e. The van der Waals surface area contributed by atoms with Crippen molar-refractivity contribution < 1.29 is 0 Å². The Balaban J connectivity index is 2.24. The average molecular weight is 271 g/mol. The number of anilines is 1. The molecular weight excluding hydrogens is 246 g/mol. The lowest BCUT2D eigenvalue weighted by Gasteiger charge is -2.39. The summed E-state index contributed by atoms with van der Waals surface area (Å²) in [6.07, 6.45) is 2.50. The van der Waals surface area contributed by atoms with Crippen LogP contribution in [0.2, 0.25) is 0 Å².